The lowest BCUT2D eigenvalue weighted by Crippen LogP contribution is -2.64. The van der Waals surface area contributed by atoms with Crippen LogP contribution in [0.2, 0.25) is 0 Å². The molecule has 19 N–H and O–H groups in total. The Hall–Kier alpha value is -5.61. The topological polar surface area (TPSA) is 566 Å². The molecule has 17 unspecified atom stereocenters. The van der Waals surface area contributed by atoms with Crippen LogP contribution in [0, 0.1) is 0 Å². The molecule has 5 aliphatic rings. The number of carbonyl (C=O) groups is 9. The molecule has 9 amide bonds. The van der Waals surface area contributed by atoms with Crippen LogP contribution in [0.5, 0.6) is 0 Å². The largest absolute Gasteiger partial charge is 0.394 e. The molecular formula is C65H113N9O30. The number of unbranched alkanes of at least 4 members (excludes halogenated alkanes) is 7. The summed E-state index contributed by atoms with van der Waals surface area (Å²) in [5.41, 5.74) is -3.74. The third kappa shape index (κ3) is 28.2. The molecule has 0 aromatic rings. The first kappa shape index (κ1) is 89.0. The van der Waals surface area contributed by atoms with Crippen LogP contribution in [0.15, 0.2) is 0 Å². The molecular weight excluding hydrogens is 1390 g/mol. The molecule has 1 aliphatic carbocycles. The SMILES string of the molecule is COC[C@@H]1O[C@H](CNC(=O)CCCCCCCCCCC(=O)NC(CCC(=O)NC(CCC(=O)NCCOCCOC2OC(CO)C(O)C(O)C2NC(C)=O)C(=O)NCCOCCOC2OC(CO)C(O)C(O)C2NC(C)=O)C(=O)NCCOCCOC2OC3(CO)C(O)C3(O)C2NC(C)=O)C[C@H]1O. The fourth-order valence-electron chi connectivity index (χ4n) is 12.5. The molecule has 0 radical (unpaired) electrons. The van der Waals surface area contributed by atoms with E-state index in [1.54, 1.807) is 0 Å². The smallest absolute Gasteiger partial charge is 0.242 e. The minimum Gasteiger partial charge on any atom is -0.394 e. The Kier molecular flexibility index (Phi) is 39.9. The zero-order valence-electron chi connectivity index (χ0n) is 59.7. The lowest BCUT2D eigenvalue weighted by Gasteiger charge is -2.42. The first-order valence-corrected chi connectivity index (χ1v) is 35.6. The molecule has 5 rings (SSSR count). The lowest BCUT2D eigenvalue weighted by molar-refractivity contribution is -0.272. The number of aliphatic hydroxyl groups excluding tert-OH is 9. The normalized spacial score (nSPS) is 29.7. The van der Waals surface area contributed by atoms with Crippen molar-refractivity contribution in [1.82, 2.24) is 47.9 Å². The summed E-state index contributed by atoms with van der Waals surface area (Å²) in [4.78, 5) is 116. The maximum Gasteiger partial charge on any atom is 0.242 e. The zero-order valence-corrected chi connectivity index (χ0v) is 59.7. The summed E-state index contributed by atoms with van der Waals surface area (Å²) in [6, 6.07) is -6.19. The number of nitrogens with one attached hydrogen (secondary N) is 9. The van der Waals surface area contributed by atoms with Crippen LogP contribution in [0.3, 0.4) is 0 Å². The number of aliphatic hydroxyl groups is 10. The molecule has 0 bridgehead atoms. The van der Waals surface area contributed by atoms with E-state index in [1.807, 2.05) is 0 Å². The van der Waals surface area contributed by atoms with Crippen molar-refractivity contribution in [2.45, 2.75) is 238 Å². The van der Waals surface area contributed by atoms with Gasteiger partial charge in [0, 0.05) is 86.2 Å². The van der Waals surface area contributed by atoms with Crippen LogP contribution < -0.4 is 47.9 Å². The van der Waals surface area contributed by atoms with Crippen LogP contribution in [-0.4, -0.2) is 345 Å². The standard InChI is InChI=1S/C65H113N9O30/c1-37(78)70-51-55(88)53(86)44(33-75)102-60(51)98-28-25-95-22-19-66-48(83)17-15-41(58(90)67-20-23-96-26-29-99-61-52(71-38(2)79)56(89)54(87)45(34-76)103-61)74-50(85)18-16-42(59(91)68-21-24-97-27-30-100-62-57(72-39(3)80)65(93)63(92)64(65,36-77)104-62)73-49(84)14-12-10-8-6-5-7-9-11-13-47(82)69-32-40-31-43(81)46(101-40)35-94-4/h40-46,51-57,60-63,75-77,81,86-89,92-93H,5-36H2,1-4H3,(H,66,83)(H,67,90)(H,68,91)(H,69,82)(H,70,78)(H,71,79)(H,72,80)(H,73,84)(H,74,85)/t40-,41?,42?,43+,44?,45?,46-,51?,52?,53?,54?,55?,56?,57?,60?,61?,62?,63?,64?,65?/m0/s1. The van der Waals surface area contributed by atoms with Gasteiger partial charge >= 0.3 is 0 Å². The first-order chi connectivity index (χ1) is 49.7. The van der Waals surface area contributed by atoms with Crippen LogP contribution in [-0.2, 0) is 95.3 Å². The maximum atomic E-state index is 13.8. The Labute approximate surface area is 603 Å². The van der Waals surface area contributed by atoms with Crippen LogP contribution in [0.25, 0.3) is 0 Å². The molecule has 1 saturated carbocycles. The fraction of sp³-hybridized carbons (Fsp3) is 0.862. The molecule has 0 aromatic heterocycles. The van der Waals surface area contributed by atoms with E-state index in [-0.39, 0.29) is 123 Å². The van der Waals surface area contributed by atoms with Crippen LogP contribution in [0.4, 0.5) is 0 Å². The highest BCUT2D eigenvalue weighted by molar-refractivity contribution is 5.90. The molecule has 0 spiro atoms. The van der Waals surface area contributed by atoms with Crippen molar-refractivity contribution in [2.75, 3.05) is 119 Å². The second-order valence-corrected chi connectivity index (χ2v) is 26.2. The number of amides is 9. The van der Waals surface area contributed by atoms with E-state index < -0.39 is 189 Å². The summed E-state index contributed by atoms with van der Waals surface area (Å²) in [7, 11) is 1.53. The van der Waals surface area contributed by atoms with Crippen LogP contribution >= 0.6 is 0 Å². The van der Waals surface area contributed by atoms with Gasteiger partial charge in [0.2, 0.25) is 53.2 Å². The van der Waals surface area contributed by atoms with Crippen molar-refractivity contribution in [3.63, 3.8) is 0 Å². The highest BCUT2D eigenvalue weighted by Crippen LogP contribution is 2.59. The van der Waals surface area contributed by atoms with Gasteiger partial charge in [-0.15, -0.1) is 0 Å². The van der Waals surface area contributed by atoms with Crippen molar-refractivity contribution < 1.29 is 146 Å². The van der Waals surface area contributed by atoms with Gasteiger partial charge in [0.1, 0.15) is 79.0 Å². The van der Waals surface area contributed by atoms with Gasteiger partial charge in [-0.05, 0) is 25.7 Å². The predicted molar refractivity (Wildman–Crippen MR) is 356 cm³/mol. The number of carbonyl (C=O) groups excluding carboxylic acids is 9. The van der Waals surface area contributed by atoms with E-state index in [2.05, 4.69) is 47.9 Å². The van der Waals surface area contributed by atoms with Crippen molar-refractivity contribution >= 4 is 53.2 Å². The molecule has 20 atom stereocenters. The molecule has 0 aromatic carbocycles. The van der Waals surface area contributed by atoms with E-state index in [9.17, 15) is 94.2 Å². The lowest BCUT2D eigenvalue weighted by atomic mass is 9.97. The highest BCUT2D eigenvalue weighted by Gasteiger charge is 2.87. The summed E-state index contributed by atoms with van der Waals surface area (Å²) >= 11 is 0. The molecule has 39 heteroatoms. The predicted octanol–water partition coefficient (Wildman–Crippen LogP) is -8.27. The van der Waals surface area contributed by atoms with E-state index in [0.29, 0.717) is 38.6 Å². The van der Waals surface area contributed by atoms with Gasteiger partial charge in [-0.25, -0.2) is 0 Å². The second-order valence-electron chi connectivity index (χ2n) is 26.2. The van der Waals surface area contributed by atoms with Gasteiger partial charge in [0.25, 0.3) is 0 Å². The molecule has 4 saturated heterocycles. The number of ether oxygens (including phenoxy) is 11. The highest BCUT2D eigenvalue weighted by atomic mass is 16.7. The Balaban J connectivity index is 1.12. The van der Waals surface area contributed by atoms with Crippen molar-refractivity contribution in [3.05, 3.63) is 0 Å². The molecule has 39 nitrogen and oxygen atoms in total. The zero-order chi connectivity index (χ0) is 76.4. The Morgan fingerprint density at radius 3 is 1.36 bits per heavy atom. The van der Waals surface area contributed by atoms with E-state index in [1.165, 1.54) is 27.9 Å². The van der Waals surface area contributed by atoms with Gasteiger partial charge < -0.3 is 151 Å². The quantitative estimate of drug-likeness (QED) is 0.0252. The van der Waals surface area contributed by atoms with Gasteiger partial charge in [0.05, 0.1) is 98.1 Å². The number of fused-ring (bicyclic) bond motifs is 1. The van der Waals surface area contributed by atoms with Gasteiger partial charge in [-0.1, -0.05) is 38.5 Å². The van der Waals surface area contributed by atoms with E-state index in [0.717, 1.165) is 32.1 Å². The van der Waals surface area contributed by atoms with Crippen molar-refractivity contribution in [3.8, 4) is 0 Å². The molecule has 598 valence electrons. The Morgan fingerprint density at radius 2 is 0.904 bits per heavy atom. The van der Waals surface area contributed by atoms with Crippen molar-refractivity contribution in [2.24, 2.45) is 0 Å². The monoisotopic (exact) mass is 1500 g/mol. The minimum absolute atomic E-state index is 0.0217. The average Bonchev–Trinajstić information content (AvgIpc) is 1.48. The van der Waals surface area contributed by atoms with Gasteiger partial charge in [-0.2, -0.15) is 0 Å². The van der Waals surface area contributed by atoms with Gasteiger partial charge in [-0.3, -0.25) is 43.2 Å². The Morgan fingerprint density at radius 1 is 0.481 bits per heavy atom. The number of hydrogen-bond acceptors (Lipinski definition) is 30. The fourth-order valence-corrected chi connectivity index (χ4v) is 12.5. The number of hydrogen-bond donors (Lipinski definition) is 19. The van der Waals surface area contributed by atoms with Crippen LogP contribution in [0.1, 0.15) is 117 Å². The van der Waals surface area contributed by atoms with Crippen molar-refractivity contribution in [1.29, 1.82) is 0 Å². The molecule has 4 heterocycles. The minimum atomic E-state index is -1.99. The molecule has 5 fully saturated rings. The van der Waals surface area contributed by atoms with E-state index >= 15 is 0 Å². The summed E-state index contributed by atoms with van der Waals surface area (Å²) in [5, 5.41) is 126. The summed E-state index contributed by atoms with van der Waals surface area (Å²) in [6.07, 6.45) is -9.24. The maximum absolute atomic E-state index is 13.8. The number of methoxy groups -OCH3 is 1. The summed E-state index contributed by atoms with van der Waals surface area (Å²) in [5.74, 6) is -4.90. The third-order valence-corrected chi connectivity index (χ3v) is 18.2. The summed E-state index contributed by atoms with van der Waals surface area (Å²) < 4.78 is 61.3. The van der Waals surface area contributed by atoms with Gasteiger partial charge in [0.15, 0.2) is 30.1 Å². The Bertz CT molecular complexity index is 2650. The molecule has 104 heavy (non-hydrogen) atoms. The van der Waals surface area contributed by atoms with E-state index in [4.69, 9.17) is 52.1 Å². The summed E-state index contributed by atoms with van der Waals surface area (Å²) in [6.45, 7) is 0.924. The second kappa shape index (κ2) is 46.6. The first-order valence-electron chi connectivity index (χ1n) is 35.6. The number of rotatable bonds is 52. The average molecular weight is 1500 g/mol. The molecule has 4 aliphatic heterocycles. The third-order valence-electron chi connectivity index (χ3n) is 18.2.